The van der Waals surface area contributed by atoms with E-state index in [0.29, 0.717) is 25.7 Å². The molecule has 1 saturated heterocycles. The Morgan fingerprint density at radius 3 is 2.90 bits per heavy atom. The van der Waals surface area contributed by atoms with Crippen LogP contribution in [0.5, 0.6) is 0 Å². The number of hydrogen-bond donors (Lipinski definition) is 1. The average molecular weight is 286 g/mol. The van der Waals surface area contributed by atoms with Crippen molar-refractivity contribution in [2.24, 2.45) is 5.92 Å². The molecule has 0 aromatic heterocycles. The van der Waals surface area contributed by atoms with Gasteiger partial charge in [0.2, 0.25) is 5.91 Å². The number of hydrogen-bond acceptors (Lipinski definition) is 4. The molecule has 1 fully saturated rings. The molecule has 1 rings (SSSR count). The van der Waals surface area contributed by atoms with Gasteiger partial charge in [0.15, 0.2) is 0 Å². The van der Waals surface area contributed by atoms with Crippen molar-refractivity contribution in [2.75, 3.05) is 46.0 Å². The number of likely N-dealkylation sites (tertiary alicyclic amines) is 1. The van der Waals surface area contributed by atoms with Crippen LogP contribution in [0.2, 0.25) is 0 Å². The molecule has 1 aliphatic heterocycles. The number of nitrogens with one attached hydrogen (secondary N) is 1. The lowest BCUT2D eigenvalue weighted by molar-refractivity contribution is -0.132. The molecule has 5 heteroatoms. The largest absolute Gasteiger partial charge is 0.379 e. The molecule has 1 N–H and O–H groups in total. The number of carbonyl (C=O) groups excluding carboxylic acids is 1. The zero-order valence-corrected chi connectivity index (χ0v) is 13.2. The Morgan fingerprint density at radius 2 is 2.20 bits per heavy atom. The number of carbonyl (C=O) groups is 1. The van der Waals surface area contributed by atoms with E-state index in [1.807, 2.05) is 6.92 Å². The Morgan fingerprint density at radius 1 is 1.40 bits per heavy atom. The lowest BCUT2D eigenvalue weighted by atomic mass is 9.98. The molecule has 0 aromatic carbocycles. The van der Waals surface area contributed by atoms with Crippen molar-refractivity contribution < 1.29 is 14.3 Å². The first-order chi connectivity index (χ1) is 9.67. The third-order valence-electron chi connectivity index (χ3n) is 3.78. The van der Waals surface area contributed by atoms with Crippen LogP contribution < -0.4 is 5.32 Å². The van der Waals surface area contributed by atoms with Gasteiger partial charge in [-0.15, -0.1) is 0 Å². The highest BCUT2D eigenvalue weighted by atomic mass is 16.5. The summed E-state index contributed by atoms with van der Waals surface area (Å²) < 4.78 is 10.6. The topological polar surface area (TPSA) is 50.8 Å². The van der Waals surface area contributed by atoms with Gasteiger partial charge in [0, 0.05) is 19.7 Å². The van der Waals surface area contributed by atoms with Gasteiger partial charge in [0.05, 0.1) is 13.2 Å². The molecule has 0 bridgehead atoms. The summed E-state index contributed by atoms with van der Waals surface area (Å²) in [5.74, 6) is 0.554. The van der Waals surface area contributed by atoms with Crippen molar-refractivity contribution in [3.8, 4) is 0 Å². The lowest BCUT2D eigenvalue weighted by Gasteiger charge is -2.32. The molecule has 0 unspecified atom stereocenters. The standard InChI is InChI=1S/C15H30N2O3/c1-4-17-8-6-7-14(12-17)11-16-15(18)13(3)20-10-9-19-5-2/h13-14H,4-12H2,1-3H3,(H,16,18)/t13-,14+/m1/s1. The highest BCUT2D eigenvalue weighted by Gasteiger charge is 2.20. The van der Waals surface area contributed by atoms with E-state index in [4.69, 9.17) is 9.47 Å². The number of ether oxygens (including phenoxy) is 2. The average Bonchev–Trinajstić information content (AvgIpc) is 2.49. The van der Waals surface area contributed by atoms with Gasteiger partial charge < -0.3 is 19.7 Å². The first-order valence-electron chi connectivity index (χ1n) is 7.86. The Hall–Kier alpha value is -0.650. The van der Waals surface area contributed by atoms with E-state index in [1.54, 1.807) is 6.92 Å². The van der Waals surface area contributed by atoms with Crippen LogP contribution in [-0.2, 0) is 14.3 Å². The lowest BCUT2D eigenvalue weighted by Crippen LogP contribution is -2.43. The fourth-order valence-electron chi connectivity index (χ4n) is 2.50. The first kappa shape index (κ1) is 17.4. The van der Waals surface area contributed by atoms with Crippen LogP contribution in [0.15, 0.2) is 0 Å². The van der Waals surface area contributed by atoms with Gasteiger partial charge in [-0.3, -0.25) is 4.79 Å². The fourth-order valence-corrected chi connectivity index (χ4v) is 2.50. The summed E-state index contributed by atoms with van der Waals surface area (Å²) in [5.41, 5.74) is 0. The molecule has 20 heavy (non-hydrogen) atoms. The van der Waals surface area contributed by atoms with E-state index in [2.05, 4.69) is 17.1 Å². The van der Waals surface area contributed by atoms with Crippen molar-refractivity contribution >= 4 is 5.91 Å². The molecule has 0 saturated carbocycles. The summed E-state index contributed by atoms with van der Waals surface area (Å²) in [6.45, 7) is 11.8. The summed E-state index contributed by atoms with van der Waals surface area (Å²) in [6, 6.07) is 0. The molecule has 1 amide bonds. The Balaban J connectivity index is 2.14. The quantitative estimate of drug-likeness (QED) is 0.649. The zero-order chi connectivity index (χ0) is 14.8. The number of amides is 1. The summed E-state index contributed by atoms with van der Waals surface area (Å²) in [7, 11) is 0. The molecule has 0 radical (unpaired) electrons. The van der Waals surface area contributed by atoms with E-state index < -0.39 is 6.10 Å². The van der Waals surface area contributed by atoms with Crippen LogP contribution >= 0.6 is 0 Å². The van der Waals surface area contributed by atoms with Crippen LogP contribution in [0.25, 0.3) is 0 Å². The van der Waals surface area contributed by atoms with Gasteiger partial charge in [-0.2, -0.15) is 0 Å². The van der Waals surface area contributed by atoms with Gasteiger partial charge in [0.1, 0.15) is 6.10 Å². The maximum absolute atomic E-state index is 11.9. The molecule has 5 nitrogen and oxygen atoms in total. The number of rotatable bonds is 9. The van der Waals surface area contributed by atoms with Crippen LogP contribution in [-0.4, -0.2) is 62.9 Å². The third kappa shape index (κ3) is 6.68. The highest BCUT2D eigenvalue weighted by molar-refractivity contribution is 5.80. The third-order valence-corrected chi connectivity index (χ3v) is 3.78. The fraction of sp³-hybridized carbons (Fsp3) is 0.933. The normalized spacial score (nSPS) is 21.6. The predicted molar refractivity (Wildman–Crippen MR) is 79.8 cm³/mol. The van der Waals surface area contributed by atoms with Crippen molar-refractivity contribution in [3.63, 3.8) is 0 Å². The van der Waals surface area contributed by atoms with E-state index in [-0.39, 0.29) is 5.91 Å². The van der Waals surface area contributed by atoms with Crippen molar-refractivity contribution in [1.82, 2.24) is 10.2 Å². The second-order valence-corrected chi connectivity index (χ2v) is 5.36. The SMILES string of the molecule is CCOCCO[C@H](C)C(=O)NC[C@@H]1CCCN(CC)C1. The molecule has 1 heterocycles. The van der Waals surface area contributed by atoms with Crippen LogP contribution in [0, 0.1) is 5.92 Å². The second-order valence-electron chi connectivity index (χ2n) is 5.36. The number of nitrogens with zero attached hydrogens (tertiary/aromatic N) is 1. The van der Waals surface area contributed by atoms with Crippen molar-refractivity contribution in [1.29, 1.82) is 0 Å². The minimum absolute atomic E-state index is 0.0184. The van der Waals surface area contributed by atoms with Crippen molar-refractivity contribution in [3.05, 3.63) is 0 Å². The molecule has 2 atom stereocenters. The minimum Gasteiger partial charge on any atom is -0.379 e. The van der Waals surface area contributed by atoms with E-state index in [0.717, 1.165) is 19.6 Å². The van der Waals surface area contributed by atoms with Gasteiger partial charge in [-0.05, 0) is 45.7 Å². The maximum Gasteiger partial charge on any atom is 0.248 e. The minimum atomic E-state index is -0.402. The van der Waals surface area contributed by atoms with Crippen molar-refractivity contribution in [2.45, 2.75) is 39.7 Å². The number of piperidine rings is 1. The molecule has 1 aliphatic rings. The maximum atomic E-state index is 11.9. The van der Waals surface area contributed by atoms with Gasteiger partial charge >= 0.3 is 0 Å². The Labute approximate surface area is 123 Å². The van der Waals surface area contributed by atoms with Crippen LogP contribution in [0.1, 0.15) is 33.6 Å². The summed E-state index contributed by atoms with van der Waals surface area (Å²) in [4.78, 5) is 14.4. The molecule has 118 valence electrons. The summed E-state index contributed by atoms with van der Waals surface area (Å²) in [5, 5.41) is 3.01. The van der Waals surface area contributed by atoms with Gasteiger partial charge in [0.25, 0.3) is 0 Å². The van der Waals surface area contributed by atoms with Crippen LogP contribution in [0.4, 0.5) is 0 Å². The Kier molecular flexibility index (Phi) is 8.82. The second kappa shape index (κ2) is 10.1. The van der Waals surface area contributed by atoms with Crippen LogP contribution in [0.3, 0.4) is 0 Å². The smallest absolute Gasteiger partial charge is 0.248 e. The molecule has 0 aliphatic carbocycles. The molecule has 0 aromatic rings. The first-order valence-corrected chi connectivity index (χ1v) is 7.86. The molecular weight excluding hydrogens is 256 g/mol. The van der Waals surface area contributed by atoms with Gasteiger partial charge in [-0.25, -0.2) is 0 Å². The molecular formula is C15H30N2O3. The summed E-state index contributed by atoms with van der Waals surface area (Å²) in [6.07, 6.45) is 2.03. The Bertz CT molecular complexity index is 274. The predicted octanol–water partition coefficient (Wildman–Crippen LogP) is 1.28. The van der Waals surface area contributed by atoms with E-state index >= 15 is 0 Å². The highest BCUT2D eigenvalue weighted by Crippen LogP contribution is 2.15. The summed E-state index contributed by atoms with van der Waals surface area (Å²) >= 11 is 0. The van der Waals surface area contributed by atoms with E-state index in [9.17, 15) is 4.79 Å². The molecule has 0 spiro atoms. The van der Waals surface area contributed by atoms with E-state index in [1.165, 1.54) is 19.4 Å². The zero-order valence-electron chi connectivity index (χ0n) is 13.2. The monoisotopic (exact) mass is 286 g/mol. The van der Waals surface area contributed by atoms with Gasteiger partial charge in [-0.1, -0.05) is 6.92 Å².